The number of carbonyl (C=O) groups excluding carboxylic acids is 5. The van der Waals surface area contributed by atoms with Crippen LogP contribution in [0.25, 0.3) is 0 Å². The lowest BCUT2D eigenvalue weighted by atomic mass is 10.0. The average molecular weight is 557 g/mol. The van der Waals surface area contributed by atoms with Gasteiger partial charge in [0.05, 0.1) is 28.1 Å². The van der Waals surface area contributed by atoms with Gasteiger partial charge in [-0.15, -0.1) is 0 Å². The number of amides is 3. The zero-order valence-electron chi connectivity index (χ0n) is 19.9. The molecular formula is C23H26Cl2N4O8. The number of esters is 1. The molecule has 2 heterocycles. The third-order valence-electron chi connectivity index (χ3n) is 6.11. The molecule has 0 spiro atoms. The molecule has 200 valence electrons. The van der Waals surface area contributed by atoms with Crippen molar-refractivity contribution in [2.75, 3.05) is 20.2 Å². The third-order valence-corrected chi connectivity index (χ3v) is 6.74. The Morgan fingerprint density at radius 2 is 1.84 bits per heavy atom. The molecule has 1 aromatic carbocycles. The molecule has 2 fully saturated rings. The number of aliphatic carboxylic acids is 1. The lowest BCUT2D eigenvalue weighted by Gasteiger charge is -2.43. The molecule has 2 aliphatic rings. The van der Waals surface area contributed by atoms with Crippen LogP contribution in [0.15, 0.2) is 18.2 Å². The molecule has 2 aliphatic heterocycles. The molecule has 2 saturated heterocycles. The van der Waals surface area contributed by atoms with Gasteiger partial charge in [0.1, 0.15) is 12.1 Å². The fraction of sp³-hybridized carbons (Fsp3) is 0.478. The monoisotopic (exact) mass is 556 g/mol. The molecule has 12 nitrogen and oxygen atoms in total. The van der Waals surface area contributed by atoms with Gasteiger partial charge in [-0.1, -0.05) is 29.3 Å². The van der Waals surface area contributed by atoms with E-state index < -0.39 is 60.7 Å². The Morgan fingerprint density at radius 3 is 2.46 bits per heavy atom. The maximum atomic E-state index is 13.2. The minimum atomic E-state index is -1.56. The van der Waals surface area contributed by atoms with Crippen LogP contribution in [0.3, 0.4) is 0 Å². The Morgan fingerprint density at radius 1 is 1.16 bits per heavy atom. The van der Waals surface area contributed by atoms with Crippen molar-refractivity contribution in [3.63, 3.8) is 0 Å². The van der Waals surface area contributed by atoms with Gasteiger partial charge in [-0.25, -0.2) is 9.80 Å². The summed E-state index contributed by atoms with van der Waals surface area (Å²) in [5, 5.41) is 16.8. The van der Waals surface area contributed by atoms with Crippen molar-refractivity contribution in [2.24, 2.45) is 0 Å². The number of fused-ring (bicyclic) bond motifs is 1. The van der Waals surface area contributed by atoms with Crippen molar-refractivity contribution in [1.82, 2.24) is 20.7 Å². The molecule has 14 heteroatoms. The number of likely N-dealkylation sites (N-methyl/N-ethyl adjacent to an activating group) is 1. The molecule has 3 atom stereocenters. The fourth-order valence-corrected chi connectivity index (χ4v) is 4.78. The summed E-state index contributed by atoms with van der Waals surface area (Å²) in [5.74, 6) is -4.87. The van der Waals surface area contributed by atoms with Crippen molar-refractivity contribution in [3.05, 3.63) is 33.8 Å². The van der Waals surface area contributed by atoms with Gasteiger partial charge in [-0.05, 0) is 38.4 Å². The zero-order valence-corrected chi connectivity index (χ0v) is 21.4. The van der Waals surface area contributed by atoms with Crippen molar-refractivity contribution >= 4 is 58.6 Å². The molecule has 3 amide bonds. The number of Topliss-reactive ketones (excluding diaryl/α,β-unsaturated/α-hetero) is 1. The highest BCUT2D eigenvalue weighted by Crippen LogP contribution is 2.26. The highest BCUT2D eigenvalue weighted by Gasteiger charge is 2.44. The van der Waals surface area contributed by atoms with E-state index in [9.17, 15) is 33.9 Å². The second-order valence-corrected chi connectivity index (χ2v) is 9.35. The van der Waals surface area contributed by atoms with Crippen LogP contribution in [0.1, 0.15) is 42.5 Å². The number of benzene rings is 1. The SMILES string of the molecule is CNC1CCC(=O)N2CCCC(C(=O)NC(CC(=O)O)C(=O)COC(=O)c3c(Cl)cccc3Cl)N2C1=O. The molecule has 0 bridgehead atoms. The number of nitrogens with one attached hydrogen (secondary N) is 2. The molecule has 3 rings (SSSR count). The smallest absolute Gasteiger partial charge is 0.341 e. The first-order valence-corrected chi connectivity index (χ1v) is 12.3. The van der Waals surface area contributed by atoms with E-state index >= 15 is 0 Å². The number of ketones is 1. The van der Waals surface area contributed by atoms with Crippen LogP contribution in [0.2, 0.25) is 10.0 Å². The van der Waals surface area contributed by atoms with Crippen LogP contribution in [-0.2, 0) is 28.7 Å². The predicted molar refractivity (Wildman–Crippen MR) is 130 cm³/mol. The molecule has 0 aliphatic carbocycles. The van der Waals surface area contributed by atoms with E-state index in [2.05, 4.69) is 10.6 Å². The van der Waals surface area contributed by atoms with Gasteiger partial charge in [-0.3, -0.25) is 29.0 Å². The largest absolute Gasteiger partial charge is 0.481 e. The predicted octanol–water partition coefficient (Wildman–Crippen LogP) is 0.795. The topological polar surface area (TPSA) is 162 Å². The third kappa shape index (κ3) is 6.56. The van der Waals surface area contributed by atoms with Crippen LogP contribution < -0.4 is 10.6 Å². The number of hydrogen-bond donors (Lipinski definition) is 3. The first-order valence-electron chi connectivity index (χ1n) is 11.5. The maximum absolute atomic E-state index is 13.2. The molecule has 1 aromatic rings. The Hall–Kier alpha value is -3.22. The van der Waals surface area contributed by atoms with E-state index in [4.69, 9.17) is 27.9 Å². The van der Waals surface area contributed by atoms with Gasteiger partial charge >= 0.3 is 11.9 Å². The molecule has 3 unspecified atom stereocenters. The summed E-state index contributed by atoms with van der Waals surface area (Å²) in [6, 6.07) is 0.939. The molecule has 37 heavy (non-hydrogen) atoms. The number of hydrazine groups is 1. The summed E-state index contributed by atoms with van der Waals surface area (Å²) in [6.45, 7) is -0.610. The molecule has 3 N–H and O–H groups in total. The lowest BCUT2D eigenvalue weighted by Crippen LogP contribution is -2.64. The van der Waals surface area contributed by atoms with Gasteiger partial charge in [-0.2, -0.15) is 0 Å². The lowest BCUT2D eigenvalue weighted by molar-refractivity contribution is -0.176. The van der Waals surface area contributed by atoms with Gasteiger partial charge in [0, 0.05) is 13.0 Å². The first kappa shape index (κ1) is 28.4. The molecular weight excluding hydrogens is 531 g/mol. The van der Waals surface area contributed by atoms with Gasteiger partial charge in [0.15, 0.2) is 12.4 Å². The van der Waals surface area contributed by atoms with E-state index in [1.807, 2.05) is 0 Å². The number of carboxylic acid groups (broad SMARTS) is 1. The Kier molecular flexibility index (Phi) is 9.46. The summed E-state index contributed by atoms with van der Waals surface area (Å²) in [4.78, 5) is 75.4. The van der Waals surface area contributed by atoms with Crippen LogP contribution in [0.5, 0.6) is 0 Å². The number of nitrogens with zero attached hydrogens (tertiary/aromatic N) is 2. The number of halogens is 2. The van der Waals surface area contributed by atoms with Gasteiger partial charge in [0.2, 0.25) is 11.8 Å². The number of ether oxygens (including phenoxy) is 1. The van der Waals surface area contributed by atoms with Crippen molar-refractivity contribution in [2.45, 2.75) is 50.2 Å². The van der Waals surface area contributed by atoms with Gasteiger partial charge in [0.25, 0.3) is 5.91 Å². The molecule has 0 saturated carbocycles. The summed E-state index contributed by atoms with van der Waals surface area (Å²) in [7, 11) is 1.57. The summed E-state index contributed by atoms with van der Waals surface area (Å²) < 4.78 is 4.98. The molecule has 0 radical (unpaired) electrons. The molecule has 0 aromatic heterocycles. The van der Waals surface area contributed by atoms with Crippen LogP contribution in [0.4, 0.5) is 0 Å². The normalized spacial score (nSPS) is 20.5. The quantitative estimate of drug-likeness (QED) is 0.373. The number of rotatable bonds is 9. The zero-order chi connectivity index (χ0) is 27.3. The Labute approximate surface area is 222 Å². The average Bonchev–Trinajstić information content (AvgIpc) is 2.97. The van der Waals surface area contributed by atoms with E-state index in [1.165, 1.54) is 23.2 Å². The summed E-state index contributed by atoms with van der Waals surface area (Å²) >= 11 is 11.9. The van der Waals surface area contributed by atoms with Crippen LogP contribution in [0, 0.1) is 0 Å². The van der Waals surface area contributed by atoms with Crippen molar-refractivity contribution in [3.8, 4) is 0 Å². The first-order chi connectivity index (χ1) is 17.5. The van der Waals surface area contributed by atoms with Crippen molar-refractivity contribution in [1.29, 1.82) is 0 Å². The van der Waals surface area contributed by atoms with E-state index in [0.29, 0.717) is 6.42 Å². The summed E-state index contributed by atoms with van der Waals surface area (Å²) in [6.07, 6.45) is 0.203. The Balaban J connectivity index is 1.74. The standard InChI is InChI=1S/C23H26Cl2N4O8/c1-26-14-7-8-18(31)28-9-3-6-16(29(28)22(14)35)21(34)27-15(10-19(32)33)17(30)11-37-23(36)20-12(24)4-2-5-13(20)25/h2,4-5,14-16,26H,3,6-11H2,1H3,(H,27,34)(H,32,33). The Bertz CT molecular complexity index is 1090. The summed E-state index contributed by atoms with van der Waals surface area (Å²) in [5.41, 5.74) is -0.164. The fourth-order valence-electron chi connectivity index (χ4n) is 4.23. The van der Waals surface area contributed by atoms with E-state index in [1.54, 1.807) is 7.05 Å². The number of carbonyl (C=O) groups is 6. The number of hydrogen-bond acceptors (Lipinski definition) is 8. The second kappa shape index (κ2) is 12.3. The van der Waals surface area contributed by atoms with E-state index in [-0.39, 0.29) is 47.3 Å². The van der Waals surface area contributed by atoms with E-state index in [0.717, 1.165) is 5.01 Å². The highest BCUT2D eigenvalue weighted by molar-refractivity contribution is 6.39. The maximum Gasteiger partial charge on any atom is 0.341 e. The van der Waals surface area contributed by atoms with Crippen LogP contribution in [-0.4, -0.2) is 88.9 Å². The minimum absolute atomic E-state index is 0.00118. The second-order valence-electron chi connectivity index (χ2n) is 8.54. The highest BCUT2D eigenvalue weighted by atomic mass is 35.5. The minimum Gasteiger partial charge on any atom is -0.481 e. The number of carboxylic acids is 1. The van der Waals surface area contributed by atoms with Gasteiger partial charge < -0.3 is 20.5 Å². The van der Waals surface area contributed by atoms with Crippen LogP contribution >= 0.6 is 23.2 Å². The van der Waals surface area contributed by atoms with Crippen molar-refractivity contribution < 1.29 is 38.6 Å².